The molecule has 106 valence electrons. The number of para-hydroxylation sites is 1. The minimum atomic E-state index is -0.702. The van der Waals surface area contributed by atoms with Gasteiger partial charge in [-0.3, -0.25) is 0 Å². The Morgan fingerprint density at radius 2 is 2.05 bits per heavy atom. The maximum atomic E-state index is 11.6. The second-order valence-corrected chi connectivity index (χ2v) is 3.74. The van der Waals surface area contributed by atoms with Crippen molar-refractivity contribution in [1.29, 1.82) is 0 Å². The Bertz CT molecular complexity index is 566. The molecule has 0 radical (unpaired) electrons. The molecule has 20 heavy (non-hydrogen) atoms. The number of nitrogens with one attached hydrogen (secondary N) is 1. The summed E-state index contributed by atoms with van der Waals surface area (Å²) in [6.45, 7) is 0.0995. The maximum absolute atomic E-state index is 11.6. The Kier molecular flexibility index (Phi) is 4.09. The number of benzene rings is 1. The fourth-order valence-corrected chi connectivity index (χ4v) is 1.61. The Balaban J connectivity index is 2.29. The minimum Gasteiger partial charge on any atom is -0.466 e. The number of hydrogen-bond donors (Lipinski definition) is 1. The van der Waals surface area contributed by atoms with Gasteiger partial charge in [0.05, 0.1) is 26.0 Å². The van der Waals surface area contributed by atoms with Crippen LogP contribution in [0.1, 0.15) is 0 Å². The molecule has 2 rings (SSSR count). The van der Waals surface area contributed by atoms with Crippen LogP contribution < -0.4 is 14.8 Å². The molecule has 7 nitrogen and oxygen atoms in total. The van der Waals surface area contributed by atoms with Gasteiger partial charge in [0.2, 0.25) is 6.79 Å². The van der Waals surface area contributed by atoms with E-state index >= 15 is 0 Å². The van der Waals surface area contributed by atoms with Crippen LogP contribution in [0, 0.1) is 0 Å². The SMILES string of the molecule is COC(=O)/C=C(/Nc1cccc2c1OCO2)C(=O)OC. The van der Waals surface area contributed by atoms with Gasteiger partial charge in [-0.2, -0.15) is 0 Å². The molecule has 7 heteroatoms. The van der Waals surface area contributed by atoms with Gasteiger partial charge in [0, 0.05) is 0 Å². The maximum Gasteiger partial charge on any atom is 0.354 e. The molecular weight excluding hydrogens is 266 g/mol. The number of carbonyl (C=O) groups excluding carboxylic acids is 2. The highest BCUT2D eigenvalue weighted by molar-refractivity contribution is 5.99. The zero-order valence-electron chi connectivity index (χ0n) is 11.0. The Hall–Kier alpha value is -2.70. The molecule has 0 bridgehead atoms. The summed E-state index contributed by atoms with van der Waals surface area (Å²) in [6, 6.07) is 5.14. The van der Waals surface area contributed by atoms with Gasteiger partial charge in [0.1, 0.15) is 5.70 Å². The summed E-state index contributed by atoms with van der Waals surface area (Å²) < 4.78 is 19.6. The van der Waals surface area contributed by atoms with Crippen LogP contribution in [0.15, 0.2) is 30.0 Å². The number of ether oxygens (including phenoxy) is 4. The van der Waals surface area contributed by atoms with Gasteiger partial charge >= 0.3 is 11.9 Å². The summed E-state index contributed by atoms with van der Waals surface area (Å²) in [5.74, 6) is -0.362. The largest absolute Gasteiger partial charge is 0.466 e. The van der Waals surface area contributed by atoms with E-state index in [-0.39, 0.29) is 12.5 Å². The zero-order valence-corrected chi connectivity index (χ0v) is 11.0. The van der Waals surface area contributed by atoms with Gasteiger partial charge in [-0.1, -0.05) is 6.07 Å². The summed E-state index contributed by atoms with van der Waals surface area (Å²) in [4.78, 5) is 22.9. The molecule has 1 aliphatic heterocycles. The number of esters is 2. The van der Waals surface area contributed by atoms with E-state index in [0.29, 0.717) is 17.2 Å². The monoisotopic (exact) mass is 279 g/mol. The van der Waals surface area contributed by atoms with E-state index < -0.39 is 11.9 Å². The lowest BCUT2D eigenvalue weighted by Gasteiger charge is -2.10. The summed E-state index contributed by atoms with van der Waals surface area (Å²) >= 11 is 0. The first kappa shape index (κ1) is 13.7. The quantitative estimate of drug-likeness (QED) is 0.651. The molecule has 0 saturated heterocycles. The van der Waals surface area contributed by atoms with Crippen LogP contribution in [0.3, 0.4) is 0 Å². The van der Waals surface area contributed by atoms with E-state index in [9.17, 15) is 9.59 Å². The average Bonchev–Trinajstić information content (AvgIpc) is 2.94. The zero-order chi connectivity index (χ0) is 14.5. The first-order chi connectivity index (χ1) is 9.65. The lowest BCUT2D eigenvalue weighted by Crippen LogP contribution is -2.15. The van der Waals surface area contributed by atoms with Crippen molar-refractivity contribution in [2.45, 2.75) is 0 Å². The van der Waals surface area contributed by atoms with Crippen molar-refractivity contribution in [3.63, 3.8) is 0 Å². The number of fused-ring (bicyclic) bond motifs is 1. The van der Waals surface area contributed by atoms with Gasteiger partial charge in [-0.15, -0.1) is 0 Å². The van der Waals surface area contributed by atoms with E-state index in [1.807, 2.05) is 0 Å². The van der Waals surface area contributed by atoms with E-state index in [2.05, 4.69) is 14.8 Å². The summed E-state index contributed by atoms with van der Waals surface area (Å²) in [5.41, 5.74) is 0.420. The van der Waals surface area contributed by atoms with E-state index in [1.54, 1.807) is 18.2 Å². The average molecular weight is 279 g/mol. The predicted octanol–water partition coefficient (Wildman–Crippen LogP) is 1.06. The fraction of sp³-hybridized carbons (Fsp3) is 0.231. The number of hydrogen-bond acceptors (Lipinski definition) is 7. The Morgan fingerprint density at radius 3 is 2.75 bits per heavy atom. The third-order valence-electron chi connectivity index (χ3n) is 2.53. The Morgan fingerprint density at radius 1 is 1.25 bits per heavy atom. The smallest absolute Gasteiger partial charge is 0.354 e. The third kappa shape index (κ3) is 2.82. The summed E-state index contributed by atoms with van der Waals surface area (Å²) in [7, 11) is 2.43. The van der Waals surface area contributed by atoms with Crippen molar-refractivity contribution >= 4 is 17.6 Å². The van der Waals surface area contributed by atoms with Gasteiger partial charge in [-0.05, 0) is 12.1 Å². The van der Waals surface area contributed by atoms with E-state index in [1.165, 1.54) is 14.2 Å². The van der Waals surface area contributed by atoms with Crippen LogP contribution in [-0.2, 0) is 19.1 Å². The normalized spacial score (nSPS) is 12.8. The van der Waals surface area contributed by atoms with Gasteiger partial charge in [0.15, 0.2) is 11.5 Å². The predicted molar refractivity (Wildman–Crippen MR) is 68.3 cm³/mol. The first-order valence-electron chi connectivity index (χ1n) is 5.69. The molecule has 0 unspecified atom stereocenters. The molecule has 0 aliphatic carbocycles. The molecular formula is C13H13NO6. The molecule has 1 aromatic rings. The highest BCUT2D eigenvalue weighted by atomic mass is 16.7. The minimum absolute atomic E-state index is 0.0664. The van der Waals surface area contributed by atoms with Crippen LogP contribution in [-0.4, -0.2) is 33.0 Å². The molecule has 0 atom stereocenters. The molecule has 0 saturated carbocycles. The standard InChI is InChI=1S/C13H13NO6/c1-17-11(15)6-9(13(16)18-2)14-8-4-3-5-10-12(8)20-7-19-10/h3-6,14H,7H2,1-2H3/b9-6+. The van der Waals surface area contributed by atoms with Crippen LogP contribution in [0.2, 0.25) is 0 Å². The second-order valence-electron chi connectivity index (χ2n) is 3.74. The lowest BCUT2D eigenvalue weighted by molar-refractivity contribution is -0.138. The van der Waals surface area contributed by atoms with Crippen molar-refractivity contribution in [1.82, 2.24) is 0 Å². The molecule has 1 heterocycles. The van der Waals surface area contributed by atoms with Gasteiger partial charge in [0.25, 0.3) is 0 Å². The van der Waals surface area contributed by atoms with Crippen LogP contribution in [0.5, 0.6) is 11.5 Å². The van der Waals surface area contributed by atoms with Gasteiger partial charge in [-0.25, -0.2) is 9.59 Å². The number of rotatable bonds is 4. The lowest BCUT2D eigenvalue weighted by atomic mass is 10.2. The molecule has 0 spiro atoms. The second kappa shape index (κ2) is 5.96. The fourth-order valence-electron chi connectivity index (χ4n) is 1.61. The molecule has 0 aromatic heterocycles. The van der Waals surface area contributed by atoms with Crippen molar-refractivity contribution in [2.24, 2.45) is 0 Å². The molecule has 0 amide bonds. The van der Waals surface area contributed by atoms with Crippen LogP contribution >= 0.6 is 0 Å². The number of anilines is 1. The molecule has 0 fully saturated rings. The third-order valence-corrected chi connectivity index (χ3v) is 2.53. The molecule has 1 aliphatic rings. The topological polar surface area (TPSA) is 83.1 Å². The number of carbonyl (C=O) groups is 2. The van der Waals surface area contributed by atoms with E-state index in [4.69, 9.17) is 9.47 Å². The van der Waals surface area contributed by atoms with Crippen LogP contribution in [0.25, 0.3) is 0 Å². The first-order valence-corrected chi connectivity index (χ1v) is 5.69. The van der Waals surface area contributed by atoms with Crippen molar-refractivity contribution < 1.29 is 28.5 Å². The Labute approximate surface area is 115 Å². The van der Waals surface area contributed by atoms with Crippen molar-refractivity contribution in [3.05, 3.63) is 30.0 Å². The summed E-state index contributed by atoms with van der Waals surface area (Å²) in [5, 5.41) is 2.78. The van der Waals surface area contributed by atoms with E-state index in [0.717, 1.165) is 6.08 Å². The molecule has 1 aromatic carbocycles. The van der Waals surface area contributed by atoms with Crippen molar-refractivity contribution in [2.75, 3.05) is 26.3 Å². The molecule has 1 N–H and O–H groups in total. The highest BCUT2D eigenvalue weighted by Crippen LogP contribution is 2.39. The number of methoxy groups -OCH3 is 2. The highest BCUT2D eigenvalue weighted by Gasteiger charge is 2.20. The van der Waals surface area contributed by atoms with Gasteiger partial charge < -0.3 is 24.3 Å². The van der Waals surface area contributed by atoms with Crippen LogP contribution in [0.4, 0.5) is 5.69 Å². The summed E-state index contributed by atoms with van der Waals surface area (Å²) in [6.07, 6.45) is 1.00. The van der Waals surface area contributed by atoms with Crippen molar-refractivity contribution in [3.8, 4) is 11.5 Å².